The average Bonchev–Trinajstić information content (AvgIpc) is 1.87. The van der Waals surface area contributed by atoms with Crippen LogP contribution in [-0.4, -0.2) is 11.9 Å². The molecule has 0 radical (unpaired) electrons. The summed E-state index contributed by atoms with van der Waals surface area (Å²) >= 11 is 0. The molecule has 10 heavy (non-hydrogen) atoms. The first-order valence-corrected chi connectivity index (χ1v) is 2.79. The molecule has 0 spiro atoms. The number of nitrogens with two attached hydrogens (primary N) is 1. The number of hydrogen-bond donors (Lipinski definition) is 2. The second kappa shape index (κ2) is 3.57. The first-order chi connectivity index (χ1) is 4.57. The van der Waals surface area contributed by atoms with Crippen molar-refractivity contribution in [2.24, 2.45) is 5.73 Å². The third kappa shape index (κ3) is 2.78. The van der Waals surface area contributed by atoms with Crippen molar-refractivity contribution in [3.8, 4) is 12.3 Å². The monoisotopic (exact) mass is 138 g/mol. The van der Waals surface area contributed by atoms with Gasteiger partial charge in [0.1, 0.15) is 0 Å². The van der Waals surface area contributed by atoms with E-state index in [0.717, 1.165) is 0 Å². The van der Waals surface area contributed by atoms with Crippen molar-refractivity contribution in [3.63, 3.8) is 0 Å². The summed E-state index contributed by atoms with van der Waals surface area (Å²) in [6.45, 7) is 5.09. The molecule has 0 aliphatic heterocycles. The molecule has 0 fully saturated rings. The van der Waals surface area contributed by atoms with Gasteiger partial charge >= 0.3 is 0 Å². The molecule has 3 nitrogen and oxygen atoms in total. The fourth-order valence-electron chi connectivity index (χ4n) is 0.374. The summed E-state index contributed by atoms with van der Waals surface area (Å²) in [5.41, 5.74) is 5.01. The Morgan fingerprint density at radius 1 is 1.90 bits per heavy atom. The topological polar surface area (TPSA) is 55.1 Å². The van der Waals surface area contributed by atoms with Crippen molar-refractivity contribution in [2.45, 2.75) is 13.0 Å². The third-order valence-corrected chi connectivity index (χ3v) is 0.938. The first-order valence-electron chi connectivity index (χ1n) is 2.79. The van der Waals surface area contributed by atoms with E-state index in [1.807, 2.05) is 0 Å². The van der Waals surface area contributed by atoms with Crippen molar-refractivity contribution >= 4 is 5.91 Å². The molecule has 0 aromatic rings. The maximum atomic E-state index is 10.3. The molecule has 0 bridgehead atoms. The van der Waals surface area contributed by atoms with E-state index in [-0.39, 0.29) is 11.7 Å². The van der Waals surface area contributed by atoms with Crippen molar-refractivity contribution in [1.29, 1.82) is 0 Å². The van der Waals surface area contributed by atoms with E-state index in [4.69, 9.17) is 12.2 Å². The zero-order chi connectivity index (χ0) is 8.15. The highest BCUT2D eigenvalue weighted by molar-refractivity contribution is 5.90. The van der Waals surface area contributed by atoms with Crippen LogP contribution < -0.4 is 11.1 Å². The highest BCUT2D eigenvalue weighted by Crippen LogP contribution is 1.84. The largest absolute Gasteiger partial charge is 0.368 e. The van der Waals surface area contributed by atoms with Gasteiger partial charge in [0, 0.05) is 0 Å². The molecule has 0 aromatic carbocycles. The Morgan fingerprint density at radius 2 is 2.40 bits per heavy atom. The predicted octanol–water partition coefficient (Wildman–Crippen LogP) is -0.403. The molecule has 0 saturated carbocycles. The first kappa shape index (κ1) is 8.57. The summed E-state index contributed by atoms with van der Waals surface area (Å²) in [6.07, 6.45) is 5.01. The molecule has 1 atom stereocenters. The van der Waals surface area contributed by atoms with Crippen molar-refractivity contribution < 1.29 is 4.79 Å². The zero-order valence-electron chi connectivity index (χ0n) is 5.85. The number of carbonyl (C=O) groups is 1. The van der Waals surface area contributed by atoms with E-state index < -0.39 is 5.91 Å². The number of rotatable bonds is 3. The van der Waals surface area contributed by atoms with Gasteiger partial charge in [0.05, 0.1) is 11.7 Å². The predicted molar refractivity (Wildman–Crippen MR) is 39.8 cm³/mol. The molecule has 0 aliphatic carbocycles. The van der Waals surface area contributed by atoms with Gasteiger partial charge in [-0.1, -0.05) is 12.5 Å². The number of nitrogens with one attached hydrogen (secondary N) is 1. The number of hydrogen-bond acceptors (Lipinski definition) is 2. The van der Waals surface area contributed by atoms with Crippen LogP contribution in [0, 0.1) is 12.3 Å². The zero-order valence-corrected chi connectivity index (χ0v) is 5.85. The minimum Gasteiger partial charge on any atom is -0.368 e. The van der Waals surface area contributed by atoms with Crippen LogP contribution in [0.1, 0.15) is 6.92 Å². The molecule has 54 valence electrons. The molecule has 3 N–H and O–H groups in total. The second-order valence-corrected chi connectivity index (χ2v) is 1.88. The maximum absolute atomic E-state index is 10.3. The molecule has 0 saturated heterocycles. The summed E-state index contributed by atoms with van der Waals surface area (Å²) in [5, 5.41) is 2.62. The lowest BCUT2D eigenvalue weighted by atomic mass is 10.3. The third-order valence-electron chi connectivity index (χ3n) is 0.938. The normalized spacial score (nSPS) is 11.2. The lowest BCUT2D eigenvalue weighted by molar-refractivity contribution is -0.114. The van der Waals surface area contributed by atoms with Crippen LogP contribution in [0.5, 0.6) is 0 Å². The summed E-state index contributed by atoms with van der Waals surface area (Å²) in [4.78, 5) is 10.3. The second-order valence-electron chi connectivity index (χ2n) is 1.88. The molecule has 1 unspecified atom stereocenters. The molecular formula is C7H10N2O. The van der Waals surface area contributed by atoms with E-state index >= 15 is 0 Å². The number of amides is 1. The Hall–Kier alpha value is -1.43. The molecule has 0 aliphatic rings. The molecule has 3 heteroatoms. The van der Waals surface area contributed by atoms with Crippen LogP contribution in [0.2, 0.25) is 0 Å². The number of carbonyl (C=O) groups excluding carboxylic acids is 1. The smallest absolute Gasteiger partial charge is 0.264 e. The van der Waals surface area contributed by atoms with E-state index in [1.165, 1.54) is 0 Å². The highest BCUT2D eigenvalue weighted by atomic mass is 16.1. The number of primary amides is 1. The minimum atomic E-state index is -0.581. The Labute approximate surface area is 60.3 Å². The highest BCUT2D eigenvalue weighted by Gasteiger charge is 2.02. The van der Waals surface area contributed by atoms with Crippen LogP contribution in [0.25, 0.3) is 0 Å². The van der Waals surface area contributed by atoms with E-state index in [0.29, 0.717) is 0 Å². The van der Waals surface area contributed by atoms with Crippen LogP contribution in [0.15, 0.2) is 12.3 Å². The van der Waals surface area contributed by atoms with Gasteiger partial charge < -0.3 is 11.1 Å². The van der Waals surface area contributed by atoms with Gasteiger partial charge in [-0.25, -0.2) is 0 Å². The van der Waals surface area contributed by atoms with Crippen molar-refractivity contribution in [3.05, 3.63) is 12.3 Å². The van der Waals surface area contributed by atoms with E-state index in [9.17, 15) is 4.79 Å². The van der Waals surface area contributed by atoms with Gasteiger partial charge in [-0.3, -0.25) is 4.79 Å². The lowest BCUT2D eigenvalue weighted by Gasteiger charge is -2.07. The summed E-state index contributed by atoms with van der Waals surface area (Å²) in [7, 11) is 0. The molecule has 0 heterocycles. The van der Waals surface area contributed by atoms with Gasteiger partial charge in [0.25, 0.3) is 5.91 Å². The molecule has 1 amide bonds. The number of terminal acetylenes is 1. The fraction of sp³-hybridized carbons (Fsp3) is 0.286. The molecule has 0 aromatic heterocycles. The Morgan fingerprint density at radius 3 is 2.70 bits per heavy atom. The van der Waals surface area contributed by atoms with Crippen LogP contribution in [-0.2, 0) is 4.79 Å². The van der Waals surface area contributed by atoms with Gasteiger partial charge in [-0.15, -0.1) is 6.42 Å². The van der Waals surface area contributed by atoms with Gasteiger partial charge in [0.2, 0.25) is 0 Å². The van der Waals surface area contributed by atoms with Gasteiger partial charge in [0.15, 0.2) is 0 Å². The Balaban J connectivity index is 3.83. The van der Waals surface area contributed by atoms with Crippen LogP contribution >= 0.6 is 0 Å². The van der Waals surface area contributed by atoms with E-state index in [2.05, 4.69) is 17.8 Å². The van der Waals surface area contributed by atoms with Crippen LogP contribution in [0.4, 0.5) is 0 Å². The molecular weight excluding hydrogens is 128 g/mol. The standard InChI is InChI=1S/C7H10N2O/c1-4-5(2)9-6(3)7(8)10/h1,5,9H,3H2,2H3,(H2,8,10). The van der Waals surface area contributed by atoms with Gasteiger partial charge in [-0.2, -0.15) is 0 Å². The SMILES string of the molecule is C#CC(C)NC(=C)C(N)=O. The minimum absolute atomic E-state index is 0.144. The summed E-state index contributed by atoms with van der Waals surface area (Å²) in [6, 6.07) is -0.208. The van der Waals surface area contributed by atoms with Crippen molar-refractivity contribution in [2.75, 3.05) is 0 Å². The van der Waals surface area contributed by atoms with Gasteiger partial charge in [-0.05, 0) is 6.92 Å². The average molecular weight is 138 g/mol. The maximum Gasteiger partial charge on any atom is 0.264 e. The van der Waals surface area contributed by atoms with E-state index in [1.54, 1.807) is 6.92 Å². The quantitative estimate of drug-likeness (QED) is 0.411. The summed E-state index contributed by atoms with van der Waals surface area (Å²) in [5.74, 6) is 1.79. The Kier molecular flexibility index (Phi) is 3.06. The fourth-order valence-corrected chi connectivity index (χ4v) is 0.374. The lowest BCUT2D eigenvalue weighted by Crippen LogP contribution is -2.30. The Bertz CT molecular complexity index is 190. The van der Waals surface area contributed by atoms with Crippen molar-refractivity contribution in [1.82, 2.24) is 5.32 Å². The summed E-state index contributed by atoms with van der Waals surface area (Å²) < 4.78 is 0. The van der Waals surface area contributed by atoms with Crippen LogP contribution in [0.3, 0.4) is 0 Å². The molecule has 0 rings (SSSR count).